The summed E-state index contributed by atoms with van der Waals surface area (Å²) in [6.45, 7) is 1.46. The molecule has 7 heteroatoms. The summed E-state index contributed by atoms with van der Waals surface area (Å²) < 4.78 is 22.2. The fraction of sp³-hybridized carbons (Fsp3) is 0.188. The van der Waals surface area contributed by atoms with Crippen molar-refractivity contribution in [2.45, 2.75) is 19.3 Å². The van der Waals surface area contributed by atoms with Crippen LogP contribution >= 0.6 is 7.60 Å². The maximum absolute atomic E-state index is 12.2. The van der Waals surface area contributed by atoms with Gasteiger partial charge in [-0.15, -0.1) is 0 Å². The number of ether oxygens (including phenoxy) is 1. The number of carbonyl (C=O) groups is 1. The van der Waals surface area contributed by atoms with Gasteiger partial charge in [-0.2, -0.15) is 0 Å². The van der Waals surface area contributed by atoms with Crippen molar-refractivity contribution in [3.05, 3.63) is 66.2 Å². The number of benzene rings is 2. The van der Waals surface area contributed by atoms with Gasteiger partial charge in [0.15, 0.2) is 0 Å². The third-order valence-electron chi connectivity index (χ3n) is 3.01. The Morgan fingerprint density at radius 3 is 2.30 bits per heavy atom. The highest BCUT2D eigenvalue weighted by atomic mass is 31.2. The predicted octanol–water partition coefficient (Wildman–Crippen LogP) is 3.52. The van der Waals surface area contributed by atoms with Crippen LogP contribution in [0, 0.1) is 0 Å². The lowest BCUT2D eigenvalue weighted by molar-refractivity contribution is 0.138. The van der Waals surface area contributed by atoms with Crippen molar-refractivity contribution in [2.75, 3.05) is 0 Å². The molecule has 2 aromatic carbocycles. The summed E-state index contributed by atoms with van der Waals surface area (Å²) in [5, 5.41) is 2.31. The van der Waals surface area contributed by atoms with Gasteiger partial charge in [0, 0.05) is 0 Å². The van der Waals surface area contributed by atoms with Crippen LogP contribution in [0.5, 0.6) is 5.75 Å². The molecule has 1 amide bonds. The molecular formula is C16H18NO5P. The number of para-hydroxylation sites is 1. The van der Waals surface area contributed by atoms with Crippen LogP contribution in [0.25, 0.3) is 0 Å². The molecule has 0 aromatic heterocycles. The van der Waals surface area contributed by atoms with Crippen molar-refractivity contribution in [2.24, 2.45) is 0 Å². The van der Waals surface area contributed by atoms with Gasteiger partial charge in [-0.3, -0.25) is 0 Å². The minimum atomic E-state index is -4.07. The molecule has 2 rings (SSSR count). The molecule has 0 saturated heterocycles. The van der Waals surface area contributed by atoms with Crippen LogP contribution in [0.2, 0.25) is 0 Å². The minimum Gasteiger partial charge on any atom is -0.445 e. The van der Waals surface area contributed by atoms with Gasteiger partial charge < -0.3 is 19.5 Å². The summed E-state index contributed by atoms with van der Waals surface area (Å²) >= 11 is 0. The third kappa shape index (κ3) is 5.43. The second-order valence-electron chi connectivity index (χ2n) is 4.85. The van der Waals surface area contributed by atoms with Crippen LogP contribution < -0.4 is 9.84 Å². The smallest absolute Gasteiger partial charge is 0.408 e. The monoisotopic (exact) mass is 335 g/mol. The number of alkyl carbamates (subject to hydrolysis) is 1. The lowest BCUT2D eigenvalue weighted by Gasteiger charge is -2.20. The fourth-order valence-corrected chi connectivity index (χ4v) is 2.58. The molecule has 1 unspecified atom stereocenters. The standard InChI is InChI=1S/C16H18NO5P/c1-13(23(19,20)22-15-10-6-3-7-11-15)17-16(18)21-12-14-8-4-2-5-9-14/h2-11,13H,12H2,1H3,(H,17,18)(H,19,20)/t13-/m0/s1. The molecule has 6 nitrogen and oxygen atoms in total. The quantitative estimate of drug-likeness (QED) is 0.789. The molecule has 0 aliphatic heterocycles. The lowest BCUT2D eigenvalue weighted by Crippen LogP contribution is -2.34. The van der Waals surface area contributed by atoms with Crippen LogP contribution in [0.4, 0.5) is 4.79 Å². The summed E-state index contributed by atoms with van der Waals surface area (Å²) in [4.78, 5) is 21.6. The van der Waals surface area contributed by atoms with Gasteiger partial charge in [-0.25, -0.2) is 9.36 Å². The Hall–Kier alpha value is -2.30. The fourth-order valence-electron chi connectivity index (χ4n) is 1.73. The Morgan fingerprint density at radius 2 is 1.70 bits per heavy atom. The van der Waals surface area contributed by atoms with E-state index in [0.29, 0.717) is 0 Å². The van der Waals surface area contributed by atoms with E-state index < -0.39 is 19.5 Å². The first-order valence-corrected chi connectivity index (χ1v) is 8.66. The molecule has 122 valence electrons. The molecule has 0 spiro atoms. The van der Waals surface area contributed by atoms with E-state index in [1.165, 1.54) is 6.92 Å². The highest BCUT2D eigenvalue weighted by Gasteiger charge is 2.31. The van der Waals surface area contributed by atoms with Crippen molar-refractivity contribution >= 4 is 13.7 Å². The summed E-state index contributed by atoms with van der Waals surface area (Å²) in [5.74, 6) is -0.851. The summed E-state index contributed by atoms with van der Waals surface area (Å²) in [7, 11) is -4.07. The number of hydrogen-bond acceptors (Lipinski definition) is 4. The SMILES string of the molecule is C[C@@H](NC(=O)OCc1ccccc1)P(=O)(O)Oc1ccccc1. The molecule has 0 aliphatic carbocycles. The molecule has 23 heavy (non-hydrogen) atoms. The van der Waals surface area contributed by atoms with Crippen LogP contribution in [0.15, 0.2) is 60.7 Å². The van der Waals surface area contributed by atoms with E-state index in [0.717, 1.165) is 5.56 Å². The van der Waals surface area contributed by atoms with E-state index in [1.54, 1.807) is 30.3 Å². The normalized spacial score (nSPS) is 14.3. The molecule has 0 fully saturated rings. The Bertz CT molecular complexity index is 677. The first-order valence-electron chi connectivity index (χ1n) is 7.02. The van der Waals surface area contributed by atoms with Crippen LogP contribution in [0.1, 0.15) is 12.5 Å². The van der Waals surface area contributed by atoms with Crippen molar-refractivity contribution in [3.8, 4) is 5.75 Å². The predicted molar refractivity (Wildman–Crippen MR) is 86.1 cm³/mol. The topological polar surface area (TPSA) is 84.9 Å². The van der Waals surface area contributed by atoms with Crippen LogP contribution in [-0.2, 0) is 15.9 Å². The first-order chi connectivity index (χ1) is 11.0. The van der Waals surface area contributed by atoms with Gasteiger partial charge in [0.2, 0.25) is 0 Å². The Morgan fingerprint density at radius 1 is 1.13 bits per heavy atom. The molecule has 2 N–H and O–H groups in total. The first kappa shape index (κ1) is 17.1. The van der Waals surface area contributed by atoms with E-state index in [4.69, 9.17) is 9.26 Å². The van der Waals surface area contributed by atoms with Crippen molar-refractivity contribution in [1.29, 1.82) is 0 Å². The second kappa shape index (κ2) is 7.81. The largest absolute Gasteiger partial charge is 0.445 e. The maximum atomic E-state index is 12.2. The summed E-state index contributed by atoms with van der Waals surface area (Å²) in [6, 6.07) is 17.4. The average Bonchev–Trinajstić information content (AvgIpc) is 2.54. The van der Waals surface area contributed by atoms with Gasteiger partial charge in [0.25, 0.3) is 0 Å². The van der Waals surface area contributed by atoms with Crippen molar-refractivity contribution in [3.63, 3.8) is 0 Å². The van der Waals surface area contributed by atoms with Crippen LogP contribution in [-0.4, -0.2) is 16.8 Å². The van der Waals surface area contributed by atoms with E-state index in [9.17, 15) is 14.3 Å². The van der Waals surface area contributed by atoms with Gasteiger partial charge in [0.1, 0.15) is 18.1 Å². The van der Waals surface area contributed by atoms with E-state index in [2.05, 4.69) is 5.32 Å². The summed E-state index contributed by atoms with van der Waals surface area (Å²) in [5.41, 5.74) is 0.822. The van der Waals surface area contributed by atoms with Gasteiger partial charge in [-0.1, -0.05) is 48.5 Å². The molecule has 0 bridgehead atoms. The molecule has 0 saturated carbocycles. The number of hydrogen-bond donors (Lipinski definition) is 2. The van der Waals surface area contributed by atoms with Gasteiger partial charge in [0.05, 0.1) is 0 Å². The molecule has 2 atom stereocenters. The zero-order chi connectivity index (χ0) is 16.7. The van der Waals surface area contributed by atoms with Crippen molar-refractivity contribution < 1.29 is 23.5 Å². The van der Waals surface area contributed by atoms with Crippen molar-refractivity contribution in [1.82, 2.24) is 5.32 Å². The summed E-state index contributed by atoms with van der Waals surface area (Å²) in [6.07, 6.45) is -0.785. The average molecular weight is 335 g/mol. The van der Waals surface area contributed by atoms with Gasteiger partial charge >= 0.3 is 13.7 Å². The molecule has 0 radical (unpaired) electrons. The zero-order valence-electron chi connectivity index (χ0n) is 12.6. The molecule has 2 aromatic rings. The van der Waals surface area contributed by atoms with Crippen LogP contribution in [0.3, 0.4) is 0 Å². The third-order valence-corrected chi connectivity index (χ3v) is 4.59. The van der Waals surface area contributed by atoms with Gasteiger partial charge in [-0.05, 0) is 24.6 Å². The second-order valence-corrected chi connectivity index (χ2v) is 6.94. The Balaban J connectivity index is 1.86. The molecular weight excluding hydrogens is 317 g/mol. The maximum Gasteiger partial charge on any atom is 0.408 e. The highest BCUT2D eigenvalue weighted by molar-refractivity contribution is 7.54. The molecule has 0 aliphatic rings. The Labute approximate surface area is 134 Å². The Kier molecular flexibility index (Phi) is 5.79. The van der Waals surface area contributed by atoms with E-state index in [-0.39, 0.29) is 12.4 Å². The minimum absolute atomic E-state index is 0.0780. The highest BCUT2D eigenvalue weighted by Crippen LogP contribution is 2.46. The number of carbonyl (C=O) groups excluding carboxylic acids is 1. The number of rotatable bonds is 6. The zero-order valence-corrected chi connectivity index (χ0v) is 13.5. The van der Waals surface area contributed by atoms with E-state index >= 15 is 0 Å². The number of amides is 1. The molecule has 0 heterocycles. The lowest BCUT2D eigenvalue weighted by atomic mass is 10.2. The van der Waals surface area contributed by atoms with E-state index in [1.807, 2.05) is 30.3 Å². The number of nitrogens with one attached hydrogen (secondary N) is 1.